The molecule has 19 nitrogen and oxygen atoms in total. The van der Waals surface area contributed by atoms with Crippen molar-refractivity contribution >= 4 is 81.1 Å². The summed E-state index contributed by atoms with van der Waals surface area (Å²) >= 11 is 0. The molecule has 7 aromatic rings. The third kappa shape index (κ3) is 18.7. The number of hydrogen-bond donors (Lipinski definition) is 4. The summed E-state index contributed by atoms with van der Waals surface area (Å²) in [6.07, 6.45) is 5.23. The molecule has 0 fully saturated rings. The van der Waals surface area contributed by atoms with Crippen LogP contribution in [0.1, 0.15) is 144 Å². The minimum absolute atomic E-state index is 0.0582. The third-order valence-corrected chi connectivity index (χ3v) is 21.5. The Labute approximate surface area is 523 Å². The molecule has 1 atom stereocenters. The Hall–Kier alpha value is -8.11. The lowest BCUT2D eigenvalue weighted by molar-refractivity contribution is 0.0150. The van der Waals surface area contributed by atoms with Gasteiger partial charge in [0.15, 0.2) is 14.1 Å². The summed E-state index contributed by atoms with van der Waals surface area (Å²) in [6.45, 7) is 25.0. The Balaban J connectivity index is 0.894. The maximum atomic E-state index is 14.3. The van der Waals surface area contributed by atoms with Crippen LogP contribution in [0.5, 0.6) is 11.5 Å². The van der Waals surface area contributed by atoms with Gasteiger partial charge in [-0.3, -0.25) is 19.4 Å². The number of fused-ring (bicyclic) bond motifs is 2. The number of H-pyrrole nitrogens is 1. The average Bonchev–Trinajstić information content (AvgIpc) is 0.796. The van der Waals surface area contributed by atoms with Crippen LogP contribution < -0.4 is 31.4 Å². The number of unbranched alkanes of at least 4 members (excludes halogenated alkanes) is 4. The molecule has 89 heavy (non-hydrogen) atoms. The summed E-state index contributed by atoms with van der Waals surface area (Å²) in [7, 11) is -5.16. The number of carbonyl (C=O) groups is 4. The van der Waals surface area contributed by atoms with Gasteiger partial charge in [0.1, 0.15) is 17.0 Å². The number of rotatable bonds is 26. The number of nitrogens with zero attached hydrogens (tertiary/aromatic N) is 2. The van der Waals surface area contributed by atoms with E-state index in [9.17, 15) is 32.4 Å². The summed E-state index contributed by atoms with van der Waals surface area (Å²) in [5, 5.41) is 6.89. The minimum Gasteiger partial charge on any atom is -0.497 e. The molecular formula is C68H86N6O13SSi. The number of sulfone groups is 1. The number of aromatic nitrogens is 2. The quantitative estimate of drug-likeness (QED) is 0.0170. The van der Waals surface area contributed by atoms with Crippen molar-refractivity contribution in [3.63, 3.8) is 0 Å². The van der Waals surface area contributed by atoms with Crippen LogP contribution in [0, 0.1) is 6.92 Å². The van der Waals surface area contributed by atoms with E-state index in [2.05, 4.69) is 54.5 Å². The number of ether oxygens (including phenoxy) is 5. The van der Waals surface area contributed by atoms with E-state index in [1.807, 2.05) is 51.1 Å². The van der Waals surface area contributed by atoms with E-state index in [1.165, 1.54) is 49.7 Å². The predicted molar refractivity (Wildman–Crippen MR) is 350 cm³/mol. The molecule has 21 heteroatoms. The van der Waals surface area contributed by atoms with Crippen LogP contribution in [0.15, 0.2) is 130 Å². The van der Waals surface area contributed by atoms with Gasteiger partial charge < -0.3 is 54.4 Å². The molecule has 0 saturated heterocycles. The first-order valence-electron chi connectivity index (χ1n) is 30.0. The molecule has 0 aliphatic rings. The summed E-state index contributed by atoms with van der Waals surface area (Å²) in [5.74, 6) is -0.542. The molecule has 2 heterocycles. The first-order valence-corrected chi connectivity index (χ1v) is 34.4. The largest absolute Gasteiger partial charge is 0.514 e. The second kappa shape index (κ2) is 29.0. The molecular weight excluding hydrogens is 1170 g/mol. The maximum absolute atomic E-state index is 14.3. The van der Waals surface area contributed by atoms with Crippen LogP contribution in [0.2, 0.25) is 18.1 Å². The molecule has 0 aliphatic carbocycles. The van der Waals surface area contributed by atoms with Gasteiger partial charge in [0.2, 0.25) is 15.4 Å². The Morgan fingerprint density at radius 2 is 1.43 bits per heavy atom. The molecule has 5 aromatic carbocycles. The number of anilines is 3. The number of benzene rings is 5. The number of nitrogens with one attached hydrogen (secondary N) is 3. The first kappa shape index (κ1) is 68.4. The Bertz CT molecular complexity index is 3850. The van der Waals surface area contributed by atoms with Gasteiger partial charge >= 0.3 is 12.2 Å². The topological polar surface area (TPSA) is 257 Å². The van der Waals surface area contributed by atoms with Crippen LogP contribution in [0.4, 0.5) is 26.7 Å². The Morgan fingerprint density at radius 1 is 0.742 bits per heavy atom. The zero-order valence-corrected chi connectivity index (χ0v) is 55.3. The lowest BCUT2D eigenvalue weighted by Crippen LogP contribution is -2.46. The Morgan fingerprint density at radius 3 is 2.10 bits per heavy atom. The molecule has 0 spiro atoms. The van der Waals surface area contributed by atoms with Crippen LogP contribution in [-0.4, -0.2) is 100 Å². The number of methoxy groups -OCH3 is 1. The molecule has 5 N–H and O–H groups in total. The van der Waals surface area contributed by atoms with E-state index >= 15 is 0 Å². The van der Waals surface area contributed by atoms with E-state index in [4.69, 9.17) is 33.8 Å². The van der Waals surface area contributed by atoms with Crippen LogP contribution >= 0.6 is 0 Å². The first-order chi connectivity index (χ1) is 41.8. The van der Waals surface area contributed by atoms with Gasteiger partial charge in [-0.25, -0.2) is 18.0 Å². The maximum Gasteiger partial charge on any atom is 0.514 e. The molecule has 7 rings (SSSR count). The molecule has 0 radical (unpaired) electrons. The van der Waals surface area contributed by atoms with Crippen molar-refractivity contribution in [3.05, 3.63) is 154 Å². The number of amides is 3. The van der Waals surface area contributed by atoms with Gasteiger partial charge in [0.25, 0.3) is 11.8 Å². The van der Waals surface area contributed by atoms with Gasteiger partial charge in [-0.2, -0.15) is 0 Å². The standard InChI is InChI=1S/C68H86N6O13SSi/c1-44-38-51(41-54-59(44)70-42-55(62(69)76)60(54)71-48-24-21-25-49(40-48)82-11)88(80,81)50-26-20-23-46(39-50)63(77)72-47-29-27-45(28-30-47)22-16-19-37-83-36-18-15-14-17-35-74(64(78)85-66(2,3)4)43-57(87-89(12,13)68(8,9)10)52-31-33-56(84-65(79)86-67(5,6)7)61-53(52)32-34-58(75)73-61/h20-21,23-34,38-42,57H,14-19,22,35-37,43H2,1-13H3,(H2,69,76)(H,70,71)(H,72,77)(H,73,75). The Kier molecular flexibility index (Phi) is 22.3. The average molecular weight is 1260 g/mol. The van der Waals surface area contributed by atoms with Gasteiger partial charge in [0, 0.05) is 65.8 Å². The summed E-state index contributed by atoms with van der Waals surface area (Å²) < 4.78 is 64.1. The van der Waals surface area contributed by atoms with Gasteiger partial charge in [-0.15, -0.1) is 0 Å². The molecule has 3 amide bonds. The highest BCUT2D eigenvalue weighted by molar-refractivity contribution is 7.91. The van der Waals surface area contributed by atoms with Crippen LogP contribution in [-0.2, 0) is 34.9 Å². The highest BCUT2D eigenvalue weighted by atomic mass is 32.2. The fourth-order valence-electron chi connectivity index (χ4n) is 9.65. The third-order valence-electron chi connectivity index (χ3n) is 15.2. The smallest absolute Gasteiger partial charge is 0.497 e. The number of pyridine rings is 2. The summed E-state index contributed by atoms with van der Waals surface area (Å²) in [4.78, 5) is 74.6. The zero-order valence-electron chi connectivity index (χ0n) is 53.5. The molecule has 1 unspecified atom stereocenters. The zero-order chi connectivity index (χ0) is 65.1. The van der Waals surface area contributed by atoms with E-state index in [0.717, 1.165) is 49.7 Å². The highest BCUT2D eigenvalue weighted by Gasteiger charge is 2.41. The second-order valence-corrected chi connectivity index (χ2v) is 32.4. The number of aryl methyl sites for hydroxylation is 2. The normalized spacial score (nSPS) is 12.6. The minimum atomic E-state index is -4.19. The van der Waals surface area contributed by atoms with E-state index in [1.54, 1.807) is 75.1 Å². The van der Waals surface area contributed by atoms with E-state index in [0.29, 0.717) is 70.7 Å². The summed E-state index contributed by atoms with van der Waals surface area (Å²) in [6, 6.07) is 29.9. The van der Waals surface area contributed by atoms with Crippen molar-refractivity contribution in [1.29, 1.82) is 0 Å². The fourth-order valence-corrected chi connectivity index (χ4v) is 12.3. The van der Waals surface area contributed by atoms with Crippen molar-refractivity contribution in [3.8, 4) is 11.5 Å². The van der Waals surface area contributed by atoms with Gasteiger partial charge in [0.05, 0.1) is 51.8 Å². The predicted octanol–water partition coefficient (Wildman–Crippen LogP) is 14.5. The lowest BCUT2D eigenvalue weighted by Gasteiger charge is -2.41. The number of nitrogens with two attached hydrogens (primary N) is 1. The van der Waals surface area contributed by atoms with Crippen LogP contribution in [0.25, 0.3) is 21.8 Å². The monoisotopic (exact) mass is 1250 g/mol. The summed E-state index contributed by atoms with van der Waals surface area (Å²) in [5.41, 5.74) is 8.61. The SMILES string of the molecule is COc1cccc(Nc2c(C(N)=O)cnc3c(C)cc(S(=O)(=O)c4cccc(C(=O)Nc5ccc(CCCCOCCCCCCN(CC(O[Si](C)(C)C(C)(C)C)c6ccc(OC(=O)OC(C)(C)C)c7[nH]c(=O)ccc67)C(=O)OC(C)(C)C)cc5)c4)cc23)c1. The molecule has 0 saturated carbocycles. The fraction of sp³-hybridized carbons (Fsp3) is 0.412. The van der Waals surface area contributed by atoms with Crippen LogP contribution in [0.3, 0.4) is 0 Å². The molecule has 476 valence electrons. The molecule has 2 aromatic heterocycles. The van der Waals surface area contributed by atoms with Crippen molar-refractivity contribution in [2.75, 3.05) is 44.0 Å². The van der Waals surface area contributed by atoms with Crippen molar-refractivity contribution < 1.29 is 55.7 Å². The highest BCUT2D eigenvalue weighted by Crippen LogP contribution is 2.42. The van der Waals surface area contributed by atoms with Gasteiger partial charge in [-0.1, -0.05) is 63.9 Å². The number of hydrogen-bond acceptors (Lipinski definition) is 15. The van der Waals surface area contributed by atoms with Crippen molar-refractivity contribution in [2.45, 2.75) is 159 Å². The number of aromatic amines is 1. The van der Waals surface area contributed by atoms with E-state index < -0.39 is 59.5 Å². The molecule has 0 aliphatic heterocycles. The second-order valence-electron chi connectivity index (χ2n) is 25.7. The van der Waals surface area contributed by atoms with Crippen molar-refractivity contribution in [1.82, 2.24) is 14.9 Å². The number of primary amides is 1. The number of carbonyl (C=O) groups excluding carboxylic acids is 4. The van der Waals surface area contributed by atoms with Gasteiger partial charge in [-0.05, 0) is 182 Å². The van der Waals surface area contributed by atoms with Crippen molar-refractivity contribution in [2.24, 2.45) is 5.73 Å². The lowest BCUT2D eigenvalue weighted by atomic mass is 10.0. The molecule has 0 bridgehead atoms. The van der Waals surface area contributed by atoms with E-state index in [-0.39, 0.29) is 49.5 Å².